The minimum atomic E-state index is -0.110. The van der Waals surface area contributed by atoms with Crippen molar-refractivity contribution in [2.75, 3.05) is 44.2 Å². The lowest BCUT2D eigenvalue weighted by Crippen LogP contribution is -2.50. The van der Waals surface area contributed by atoms with Gasteiger partial charge in [-0.05, 0) is 38.5 Å². The van der Waals surface area contributed by atoms with Crippen LogP contribution in [-0.4, -0.2) is 71.1 Å². The van der Waals surface area contributed by atoms with E-state index in [-0.39, 0.29) is 17.8 Å². The molecule has 0 saturated carbocycles. The molecule has 194 valence electrons. The maximum Gasteiger partial charge on any atom is 0.242 e. The van der Waals surface area contributed by atoms with Crippen molar-refractivity contribution in [3.8, 4) is 23.1 Å². The van der Waals surface area contributed by atoms with Gasteiger partial charge in [-0.15, -0.1) is 0 Å². The van der Waals surface area contributed by atoms with E-state index in [1.165, 1.54) is 0 Å². The topological polar surface area (TPSA) is 107 Å². The molecular formula is C29H31N7O2. The van der Waals surface area contributed by atoms with Crippen molar-refractivity contribution in [1.29, 1.82) is 5.26 Å². The highest BCUT2D eigenvalue weighted by Gasteiger charge is 2.26. The molecule has 9 heteroatoms. The quantitative estimate of drug-likeness (QED) is 0.375. The summed E-state index contributed by atoms with van der Waals surface area (Å²) in [7, 11) is 0. The van der Waals surface area contributed by atoms with Crippen LogP contribution in [0.3, 0.4) is 0 Å². The van der Waals surface area contributed by atoms with E-state index in [2.05, 4.69) is 26.3 Å². The van der Waals surface area contributed by atoms with Gasteiger partial charge in [-0.2, -0.15) is 10.2 Å². The molecule has 9 nitrogen and oxygen atoms in total. The number of rotatable bonds is 7. The van der Waals surface area contributed by atoms with Gasteiger partial charge in [0.25, 0.3) is 0 Å². The largest absolute Gasteiger partial charge is 0.477 e. The maximum atomic E-state index is 13.6. The molecular weight excluding hydrogens is 478 g/mol. The van der Waals surface area contributed by atoms with Crippen molar-refractivity contribution in [3.63, 3.8) is 0 Å². The number of piperazine rings is 1. The fourth-order valence-corrected chi connectivity index (χ4v) is 4.96. The van der Waals surface area contributed by atoms with Gasteiger partial charge in [0, 0.05) is 54.8 Å². The summed E-state index contributed by atoms with van der Waals surface area (Å²) in [4.78, 5) is 31.7. The molecule has 3 aromatic heterocycles. The third-order valence-electron chi connectivity index (χ3n) is 6.68. The third kappa shape index (κ3) is 4.88. The van der Waals surface area contributed by atoms with E-state index in [0.29, 0.717) is 46.6 Å². The lowest BCUT2D eigenvalue weighted by atomic mass is 9.97. The Bertz CT molecular complexity index is 1510. The van der Waals surface area contributed by atoms with Gasteiger partial charge in [0.05, 0.1) is 18.7 Å². The van der Waals surface area contributed by atoms with Gasteiger partial charge in [0.15, 0.2) is 5.65 Å². The number of benzene rings is 1. The van der Waals surface area contributed by atoms with Crippen LogP contribution in [0.25, 0.3) is 33.1 Å². The summed E-state index contributed by atoms with van der Waals surface area (Å²) >= 11 is 0. The van der Waals surface area contributed by atoms with Crippen molar-refractivity contribution in [2.45, 2.75) is 26.8 Å². The summed E-state index contributed by atoms with van der Waals surface area (Å²) < 4.78 is 5.76. The molecule has 1 aliphatic heterocycles. The van der Waals surface area contributed by atoms with Gasteiger partial charge in [-0.1, -0.05) is 30.3 Å². The minimum absolute atomic E-state index is 0.00666. The molecule has 1 aliphatic rings. The van der Waals surface area contributed by atoms with Crippen LogP contribution < -0.4 is 15.0 Å². The van der Waals surface area contributed by atoms with Crippen LogP contribution in [0, 0.1) is 11.3 Å². The Labute approximate surface area is 222 Å². The number of carbonyl (C=O) groups excluding carboxylic acids is 1. The first kappa shape index (κ1) is 25.5. The molecule has 0 radical (unpaired) electrons. The highest BCUT2D eigenvalue weighted by molar-refractivity contribution is 6.08. The molecule has 1 aromatic carbocycles. The highest BCUT2D eigenvalue weighted by atomic mass is 16.5. The van der Waals surface area contributed by atoms with E-state index in [0.717, 1.165) is 37.1 Å². The number of aromatic nitrogens is 3. The average Bonchev–Trinajstić information content (AvgIpc) is 2.92. The Hall–Kier alpha value is -4.13. The lowest BCUT2D eigenvalue weighted by molar-refractivity contribution is -0.120. The summed E-state index contributed by atoms with van der Waals surface area (Å²) in [6.45, 7) is 9.95. The molecule has 5 rings (SSSR count). The molecule has 0 aliphatic carbocycles. The van der Waals surface area contributed by atoms with Crippen molar-refractivity contribution in [1.82, 2.24) is 25.2 Å². The second-order valence-corrected chi connectivity index (χ2v) is 9.52. The number of fused-ring (bicyclic) bond motifs is 2. The van der Waals surface area contributed by atoms with Crippen molar-refractivity contribution >= 4 is 33.7 Å². The fraction of sp³-hybridized carbons (Fsp3) is 0.345. The smallest absolute Gasteiger partial charge is 0.242 e. The van der Waals surface area contributed by atoms with Gasteiger partial charge in [-0.25, -0.2) is 9.97 Å². The second-order valence-electron chi connectivity index (χ2n) is 9.52. The van der Waals surface area contributed by atoms with Crippen molar-refractivity contribution in [3.05, 3.63) is 54.2 Å². The number of hydrogen-bond donors (Lipinski definition) is 1. The summed E-state index contributed by atoms with van der Waals surface area (Å²) in [6.07, 6.45) is 1.68. The summed E-state index contributed by atoms with van der Waals surface area (Å²) in [6, 6.07) is 15.7. The predicted octanol–water partition coefficient (Wildman–Crippen LogP) is 3.76. The van der Waals surface area contributed by atoms with Crippen LogP contribution in [0.4, 0.5) is 5.82 Å². The number of amides is 1. The number of pyridine rings is 3. The molecule has 0 spiro atoms. The Kier molecular flexibility index (Phi) is 7.45. The average molecular weight is 510 g/mol. The zero-order chi connectivity index (χ0) is 26.6. The Morgan fingerprint density at radius 1 is 1.16 bits per heavy atom. The van der Waals surface area contributed by atoms with E-state index >= 15 is 0 Å². The summed E-state index contributed by atoms with van der Waals surface area (Å²) in [5.41, 5.74) is 3.06. The number of ether oxygens (including phenoxy) is 1. The number of nitrogens with zero attached hydrogens (tertiary/aromatic N) is 6. The molecule has 1 N–H and O–H groups in total. The molecule has 1 amide bonds. The SMILES string of the molecule is CCOc1nc2nc3ccnc(N(C(=O)CN4CCNCC4)C(C)C)c3cc2c(-c2ccccc2)c1C#N. The summed E-state index contributed by atoms with van der Waals surface area (Å²) in [5.74, 6) is 0.809. The molecule has 1 fully saturated rings. The van der Waals surface area contributed by atoms with Crippen LogP contribution in [0.2, 0.25) is 0 Å². The molecule has 4 heterocycles. The van der Waals surface area contributed by atoms with Gasteiger partial charge in [-0.3, -0.25) is 14.6 Å². The Morgan fingerprint density at radius 2 is 1.92 bits per heavy atom. The molecule has 0 unspecified atom stereocenters. The monoisotopic (exact) mass is 509 g/mol. The predicted molar refractivity (Wildman–Crippen MR) is 148 cm³/mol. The van der Waals surface area contributed by atoms with Crippen LogP contribution in [-0.2, 0) is 4.79 Å². The van der Waals surface area contributed by atoms with E-state index < -0.39 is 0 Å². The zero-order valence-electron chi connectivity index (χ0n) is 21.9. The number of nitriles is 1. The highest BCUT2D eigenvalue weighted by Crippen LogP contribution is 2.38. The van der Waals surface area contributed by atoms with E-state index in [4.69, 9.17) is 9.72 Å². The first-order valence-corrected chi connectivity index (χ1v) is 13.0. The van der Waals surface area contributed by atoms with Crippen molar-refractivity contribution in [2.24, 2.45) is 0 Å². The van der Waals surface area contributed by atoms with Crippen LogP contribution in [0.1, 0.15) is 26.3 Å². The molecule has 0 atom stereocenters. The number of hydrogen-bond acceptors (Lipinski definition) is 8. The first-order valence-electron chi connectivity index (χ1n) is 13.0. The Morgan fingerprint density at radius 3 is 2.61 bits per heavy atom. The van der Waals surface area contributed by atoms with E-state index in [1.807, 2.05) is 63.2 Å². The first-order chi connectivity index (χ1) is 18.5. The Balaban J connectivity index is 1.72. The number of anilines is 1. The number of carbonyl (C=O) groups is 1. The van der Waals surface area contributed by atoms with Gasteiger partial charge >= 0.3 is 0 Å². The van der Waals surface area contributed by atoms with Crippen LogP contribution in [0.15, 0.2) is 48.7 Å². The molecule has 38 heavy (non-hydrogen) atoms. The normalized spacial score (nSPS) is 14.1. The van der Waals surface area contributed by atoms with Gasteiger partial charge < -0.3 is 10.1 Å². The zero-order valence-corrected chi connectivity index (χ0v) is 21.9. The third-order valence-corrected chi connectivity index (χ3v) is 6.68. The van der Waals surface area contributed by atoms with Crippen LogP contribution >= 0.6 is 0 Å². The fourth-order valence-electron chi connectivity index (χ4n) is 4.96. The van der Waals surface area contributed by atoms with Crippen molar-refractivity contribution < 1.29 is 9.53 Å². The molecule has 4 aromatic rings. The molecule has 1 saturated heterocycles. The second kappa shape index (κ2) is 11.1. The lowest BCUT2D eigenvalue weighted by Gasteiger charge is -2.32. The van der Waals surface area contributed by atoms with Gasteiger partial charge in [0.1, 0.15) is 17.5 Å². The van der Waals surface area contributed by atoms with Gasteiger partial charge in [0.2, 0.25) is 11.8 Å². The standard InChI is InChI=1S/C29H31N7O2/c1-4-38-29-23(17-30)26(20-8-6-5-7-9-20)22-16-21-24(33-27(22)34-29)10-11-32-28(21)36(19(2)3)25(37)18-35-14-12-31-13-15-35/h5-11,16,19,31H,4,12-15,18H2,1-3H3. The van der Waals surface area contributed by atoms with E-state index in [9.17, 15) is 10.1 Å². The summed E-state index contributed by atoms with van der Waals surface area (Å²) in [5, 5.41) is 14.9. The van der Waals surface area contributed by atoms with E-state index in [1.54, 1.807) is 11.1 Å². The van der Waals surface area contributed by atoms with Crippen LogP contribution in [0.5, 0.6) is 5.88 Å². The maximum absolute atomic E-state index is 13.6. The molecule has 0 bridgehead atoms. The minimum Gasteiger partial charge on any atom is -0.477 e. The number of nitrogens with one attached hydrogen (secondary N) is 1.